The van der Waals surface area contributed by atoms with Gasteiger partial charge in [-0.05, 0) is 77.8 Å². The molecule has 2 heterocycles. The van der Waals surface area contributed by atoms with E-state index in [1.165, 1.54) is 5.57 Å². The lowest BCUT2D eigenvalue weighted by Gasteiger charge is -2.33. The second-order valence-corrected chi connectivity index (χ2v) is 9.60. The number of nitrogens with one attached hydrogen (secondary N) is 2. The van der Waals surface area contributed by atoms with Gasteiger partial charge in [0.25, 0.3) is 0 Å². The number of hydrogen-bond donors (Lipinski definition) is 2. The zero-order valence-electron chi connectivity index (χ0n) is 19.9. The zero-order chi connectivity index (χ0) is 23.1. The number of allylic oxidation sites excluding steroid dienone is 1. The van der Waals surface area contributed by atoms with Crippen molar-refractivity contribution < 1.29 is 14.3 Å². The van der Waals surface area contributed by atoms with Crippen molar-refractivity contribution in [2.45, 2.75) is 59.0 Å². The van der Waals surface area contributed by atoms with Gasteiger partial charge < -0.3 is 15.0 Å². The van der Waals surface area contributed by atoms with E-state index in [4.69, 9.17) is 4.74 Å². The molecule has 0 radical (unpaired) electrons. The van der Waals surface area contributed by atoms with Crippen LogP contribution in [0.3, 0.4) is 0 Å². The normalized spacial score (nSPS) is 18.8. The number of hydrogen-bond acceptors (Lipinski definition) is 4. The third kappa shape index (κ3) is 6.70. The summed E-state index contributed by atoms with van der Waals surface area (Å²) in [5, 5.41) is 3.89. The number of aromatic nitrogens is 1. The number of H-pyrrole nitrogens is 1. The van der Waals surface area contributed by atoms with E-state index in [2.05, 4.69) is 21.3 Å². The number of piperidine rings is 1. The van der Waals surface area contributed by atoms with E-state index in [-0.39, 0.29) is 17.8 Å². The molecule has 1 saturated heterocycles. The predicted octanol–water partition coefficient (Wildman–Crippen LogP) is 5.31. The van der Waals surface area contributed by atoms with Gasteiger partial charge in [0.2, 0.25) is 0 Å². The quantitative estimate of drug-likeness (QED) is 0.332. The Balaban J connectivity index is 1.41. The summed E-state index contributed by atoms with van der Waals surface area (Å²) >= 11 is 0. The summed E-state index contributed by atoms with van der Waals surface area (Å²) in [7, 11) is 0. The van der Waals surface area contributed by atoms with Gasteiger partial charge in [-0.2, -0.15) is 0 Å². The number of Topliss-reactive ketones (excluding diaryl/α,β-unsaturated/α-hetero) is 1. The lowest BCUT2D eigenvalue weighted by atomic mass is 9.86. The van der Waals surface area contributed by atoms with E-state index in [9.17, 15) is 9.59 Å². The highest BCUT2D eigenvalue weighted by atomic mass is 16.6. The first kappa shape index (κ1) is 24.1. The Morgan fingerprint density at radius 1 is 1.22 bits per heavy atom. The molecule has 1 aliphatic rings. The maximum atomic E-state index is 13.2. The van der Waals surface area contributed by atoms with Crippen molar-refractivity contribution in [1.29, 1.82) is 0 Å². The summed E-state index contributed by atoms with van der Waals surface area (Å²) in [4.78, 5) is 30.6. The van der Waals surface area contributed by atoms with Crippen LogP contribution in [0.25, 0.3) is 10.9 Å². The SMILES string of the molecule is C/C=C1/CN(CCCCCNC(=O)OC(C)(C)C)CCC1C(=O)c1cc2ccccc2[nH]1. The summed E-state index contributed by atoms with van der Waals surface area (Å²) in [5.41, 5.74) is 2.47. The van der Waals surface area contributed by atoms with Crippen LogP contribution in [0.15, 0.2) is 42.0 Å². The summed E-state index contributed by atoms with van der Waals surface area (Å²) < 4.78 is 5.25. The van der Waals surface area contributed by atoms with Gasteiger partial charge in [-0.3, -0.25) is 9.69 Å². The van der Waals surface area contributed by atoms with Crippen molar-refractivity contribution in [2.24, 2.45) is 5.92 Å². The lowest BCUT2D eigenvalue weighted by molar-refractivity contribution is 0.0526. The van der Waals surface area contributed by atoms with Crippen LogP contribution < -0.4 is 5.32 Å². The van der Waals surface area contributed by atoms with Crippen molar-refractivity contribution in [1.82, 2.24) is 15.2 Å². The van der Waals surface area contributed by atoms with E-state index in [0.717, 1.165) is 56.2 Å². The van der Waals surface area contributed by atoms with Crippen LogP contribution in [0.2, 0.25) is 0 Å². The van der Waals surface area contributed by atoms with Crippen LogP contribution in [0.5, 0.6) is 0 Å². The number of fused-ring (bicyclic) bond motifs is 1. The number of rotatable bonds is 8. The number of ketones is 1. The minimum Gasteiger partial charge on any atom is -0.444 e. The first-order valence-electron chi connectivity index (χ1n) is 11.7. The third-order valence-corrected chi connectivity index (χ3v) is 5.89. The zero-order valence-corrected chi connectivity index (χ0v) is 19.9. The Hall–Kier alpha value is -2.60. The Morgan fingerprint density at radius 2 is 2.00 bits per heavy atom. The van der Waals surface area contributed by atoms with Gasteiger partial charge in [0.15, 0.2) is 5.78 Å². The van der Waals surface area contributed by atoms with Gasteiger partial charge in [0, 0.05) is 29.9 Å². The van der Waals surface area contributed by atoms with E-state index in [1.807, 2.05) is 58.0 Å². The van der Waals surface area contributed by atoms with Gasteiger partial charge >= 0.3 is 6.09 Å². The number of ether oxygens (including phenoxy) is 1. The van der Waals surface area contributed by atoms with Crippen molar-refractivity contribution in [3.05, 3.63) is 47.7 Å². The minimum atomic E-state index is -0.462. The van der Waals surface area contributed by atoms with Crippen LogP contribution in [-0.2, 0) is 4.74 Å². The molecular weight excluding hydrogens is 402 g/mol. The van der Waals surface area contributed by atoms with Crippen LogP contribution in [0.1, 0.15) is 63.9 Å². The van der Waals surface area contributed by atoms with Crippen molar-refractivity contribution >= 4 is 22.8 Å². The maximum Gasteiger partial charge on any atom is 0.407 e. The second-order valence-electron chi connectivity index (χ2n) is 9.60. The van der Waals surface area contributed by atoms with Gasteiger partial charge in [-0.25, -0.2) is 4.79 Å². The molecule has 1 aliphatic heterocycles. The van der Waals surface area contributed by atoms with Crippen molar-refractivity contribution in [3.63, 3.8) is 0 Å². The fraction of sp³-hybridized carbons (Fsp3) is 0.538. The van der Waals surface area contributed by atoms with E-state index >= 15 is 0 Å². The number of para-hydroxylation sites is 1. The molecule has 1 unspecified atom stereocenters. The predicted molar refractivity (Wildman–Crippen MR) is 129 cm³/mol. The largest absolute Gasteiger partial charge is 0.444 e. The Kier molecular flexibility index (Phi) is 8.13. The monoisotopic (exact) mass is 439 g/mol. The average molecular weight is 440 g/mol. The minimum absolute atomic E-state index is 0.0395. The molecule has 0 aliphatic carbocycles. The highest BCUT2D eigenvalue weighted by Crippen LogP contribution is 2.28. The number of nitrogens with zero attached hydrogens (tertiary/aromatic N) is 1. The van der Waals surface area contributed by atoms with E-state index in [0.29, 0.717) is 12.2 Å². The fourth-order valence-electron chi connectivity index (χ4n) is 4.26. The Labute approximate surface area is 191 Å². The van der Waals surface area contributed by atoms with Crippen LogP contribution in [0.4, 0.5) is 4.79 Å². The van der Waals surface area contributed by atoms with Gasteiger partial charge in [-0.1, -0.05) is 30.7 Å². The average Bonchev–Trinajstić information content (AvgIpc) is 3.18. The maximum absolute atomic E-state index is 13.2. The van der Waals surface area contributed by atoms with E-state index < -0.39 is 5.60 Å². The number of unbranched alkanes of at least 4 members (excludes halogenated alkanes) is 2. The van der Waals surface area contributed by atoms with Gasteiger partial charge in [0.05, 0.1) is 5.69 Å². The molecular formula is C26H37N3O3. The molecule has 1 aromatic carbocycles. The summed E-state index contributed by atoms with van der Waals surface area (Å²) in [6.07, 6.45) is 5.68. The fourth-order valence-corrected chi connectivity index (χ4v) is 4.26. The standard InChI is InChI=1S/C26H37N3O3/c1-5-19-18-29(15-10-6-9-14-27-25(31)32-26(2,3)4)16-13-21(19)24(30)23-17-20-11-7-8-12-22(20)28-23/h5,7-8,11-12,17,21,28H,6,9-10,13-16,18H2,1-4H3,(H,27,31)/b19-5-. The molecule has 1 atom stereocenters. The number of likely N-dealkylation sites (tertiary alicyclic amines) is 1. The molecule has 0 saturated carbocycles. The Bertz CT molecular complexity index is 922. The van der Waals surface area contributed by atoms with Crippen LogP contribution >= 0.6 is 0 Å². The second kappa shape index (κ2) is 10.8. The molecule has 1 amide bonds. The summed E-state index contributed by atoms with van der Waals surface area (Å²) in [6.45, 7) is 11.1. The molecule has 2 N–H and O–H groups in total. The summed E-state index contributed by atoms with van der Waals surface area (Å²) in [5.74, 6) is 0.157. The highest BCUT2D eigenvalue weighted by molar-refractivity contribution is 6.02. The molecule has 3 rings (SSSR count). The Morgan fingerprint density at radius 3 is 2.72 bits per heavy atom. The molecule has 0 spiro atoms. The molecule has 1 aromatic heterocycles. The smallest absolute Gasteiger partial charge is 0.407 e. The molecule has 174 valence electrons. The molecule has 6 heteroatoms. The van der Waals surface area contributed by atoms with Crippen LogP contribution in [0, 0.1) is 5.92 Å². The number of carbonyl (C=O) groups is 2. The first-order chi connectivity index (χ1) is 15.3. The number of alkyl carbamates (subject to hydrolysis) is 1. The number of amides is 1. The van der Waals surface area contributed by atoms with Gasteiger partial charge in [0.1, 0.15) is 5.60 Å². The van der Waals surface area contributed by atoms with Gasteiger partial charge in [-0.15, -0.1) is 0 Å². The molecule has 32 heavy (non-hydrogen) atoms. The number of benzene rings is 1. The number of aromatic amines is 1. The summed E-state index contributed by atoms with van der Waals surface area (Å²) in [6, 6.07) is 9.99. The molecule has 0 bridgehead atoms. The molecule has 2 aromatic rings. The topological polar surface area (TPSA) is 74.4 Å². The van der Waals surface area contributed by atoms with E-state index in [1.54, 1.807) is 0 Å². The first-order valence-corrected chi connectivity index (χ1v) is 11.7. The lowest BCUT2D eigenvalue weighted by Crippen LogP contribution is -2.39. The highest BCUT2D eigenvalue weighted by Gasteiger charge is 2.30. The third-order valence-electron chi connectivity index (χ3n) is 5.89. The van der Waals surface area contributed by atoms with Crippen LogP contribution in [-0.4, -0.2) is 53.5 Å². The molecule has 6 nitrogen and oxygen atoms in total. The molecule has 1 fully saturated rings. The number of carbonyl (C=O) groups excluding carboxylic acids is 2. The van der Waals surface area contributed by atoms with Crippen molar-refractivity contribution in [2.75, 3.05) is 26.2 Å². The van der Waals surface area contributed by atoms with Crippen molar-refractivity contribution in [3.8, 4) is 0 Å².